The molecule has 0 fully saturated rings. The molecule has 0 atom stereocenters. The fourth-order valence-corrected chi connectivity index (χ4v) is 7.29. The lowest BCUT2D eigenvalue weighted by Gasteiger charge is -2.11. The van der Waals surface area contributed by atoms with Crippen LogP contribution in [0.15, 0.2) is 180 Å². The summed E-state index contributed by atoms with van der Waals surface area (Å²) in [6.07, 6.45) is 0. The van der Waals surface area contributed by atoms with Crippen molar-refractivity contribution in [2.45, 2.75) is 0 Å². The van der Waals surface area contributed by atoms with E-state index in [1.807, 2.05) is 60.7 Å². The molecule has 10 rings (SSSR count). The minimum atomic E-state index is 0.628. The van der Waals surface area contributed by atoms with Crippen molar-refractivity contribution in [2.24, 2.45) is 0 Å². The van der Waals surface area contributed by atoms with E-state index in [0.717, 1.165) is 71.7 Å². The summed E-state index contributed by atoms with van der Waals surface area (Å²) in [5, 5.41) is 6.80. The van der Waals surface area contributed by atoms with Crippen LogP contribution >= 0.6 is 0 Å². The van der Waals surface area contributed by atoms with Crippen molar-refractivity contribution < 1.29 is 4.42 Å². The molecule has 0 radical (unpaired) electrons. The van der Waals surface area contributed by atoms with E-state index in [4.69, 9.17) is 19.4 Å². The Morgan fingerprint density at radius 3 is 1.53 bits per heavy atom. The fourth-order valence-electron chi connectivity index (χ4n) is 7.29. The van der Waals surface area contributed by atoms with E-state index < -0.39 is 0 Å². The number of fused-ring (bicyclic) bond motifs is 6. The van der Waals surface area contributed by atoms with Crippen molar-refractivity contribution in [1.82, 2.24) is 15.0 Å². The van der Waals surface area contributed by atoms with Gasteiger partial charge in [0.05, 0.1) is 0 Å². The molecule has 0 aliphatic carbocycles. The Morgan fingerprint density at radius 1 is 0.294 bits per heavy atom. The molecule has 4 heteroatoms. The Balaban J connectivity index is 1.17. The highest BCUT2D eigenvalue weighted by Gasteiger charge is 2.19. The smallest absolute Gasteiger partial charge is 0.164 e. The van der Waals surface area contributed by atoms with Gasteiger partial charge < -0.3 is 4.42 Å². The van der Waals surface area contributed by atoms with Crippen LogP contribution in [-0.2, 0) is 0 Å². The largest absolute Gasteiger partial charge is 0.455 e. The molecule has 238 valence electrons. The van der Waals surface area contributed by atoms with Crippen molar-refractivity contribution in [2.75, 3.05) is 0 Å². The molecule has 0 saturated heterocycles. The SMILES string of the molecule is c1ccc(-c2nc(-c3ccccc3)nc(-c3cccc(-c4cc5c6cccc(-c7cccc8ccccc78)c6oc5c5ccccc45)c3)n2)cc1. The van der Waals surface area contributed by atoms with Crippen molar-refractivity contribution in [3.63, 3.8) is 0 Å². The molecular weight excluding hydrogens is 623 g/mol. The Kier molecular flexibility index (Phi) is 6.78. The summed E-state index contributed by atoms with van der Waals surface area (Å²) in [5.74, 6) is 1.91. The van der Waals surface area contributed by atoms with Crippen LogP contribution in [0, 0.1) is 0 Å². The second-order valence-corrected chi connectivity index (χ2v) is 12.8. The zero-order valence-electron chi connectivity index (χ0n) is 27.5. The highest BCUT2D eigenvalue weighted by Crippen LogP contribution is 2.43. The predicted molar refractivity (Wildman–Crippen MR) is 209 cm³/mol. The Morgan fingerprint density at radius 2 is 0.784 bits per heavy atom. The van der Waals surface area contributed by atoms with Crippen LogP contribution in [0.5, 0.6) is 0 Å². The van der Waals surface area contributed by atoms with Gasteiger partial charge in [-0.1, -0.05) is 164 Å². The van der Waals surface area contributed by atoms with E-state index in [1.165, 1.54) is 10.8 Å². The zero-order chi connectivity index (χ0) is 33.7. The summed E-state index contributed by atoms with van der Waals surface area (Å²) in [7, 11) is 0. The summed E-state index contributed by atoms with van der Waals surface area (Å²) in [6, 6.07) is 61.0. The molecule has 0 N–H and O–H groups in total. The molecule has 0 unspecified atom stereocenters. The number of aromatic nitrogens is 3. The molecule has 4 nitrogen and oxygen atoms in total. The first-order valence-electron chi connectivity index (χ1n) is 17.1. The average molecular weight is 652 g/mol. The van der Waals surface area contributed by atoms with Crippen molar-refractivity contribution >= 4 is 43.5 Å². The molecule has 0 spiro atoms. The van der Waals surface area contributed by atoms with Gasteiger partial charge in [-0.25, -0.2) is 15.0 Å². The third-order valence-electron chi connectivity index (χ3n) is 9.72. The lowest BCUT2D eigenvalue weighted by molar-refractivity contribution is 0.674. The molecule has 51 heavy (non-hydrogen) atoms. The minimum absolute atomic E-state index is 0.628. The van der Waals surface area contributed by atoms with Gasteiger partial charge in [0.25, 0.3) is 0 Å². The van der Waals surface area contributed by atoms with Crippen LogP contribution < -0.4 is 0 Å². The van der Waals surface area contributed by atoms with Crippen molar-refractivity contribution in [3.05, 3.63) is 176 Å². The maximum Gasteiger partial charge on any atom is 0.164 e. The van der Waals surface area contributed by atoms with Gasteiger partial charge in [0, 0.05) is 38.4 Å². The third kappa shape index (κ3) is 4.96. The van der Waals surface area contributed by atoms with E-state index >= 15 is 0 Å². The molecule has 2 heterocycles. The summed E-state index contributed by atoms with van der Waals surface area (Å²) in [4.78, 5) is 14.9. The first-order valence-corrected chi connectivity index (χ1v) is 17.1. The quantitative estimate of drug-likeness (QED) is 0.186. The number of benzene rings is 8. The number of furan rings is 1. The molecule has 0 aliphatic heterocycles. The molecule has 8 aromatic carbocycles. The van der Waals surface area contributed by atoms with Gasteiger partial charge in [0.1, 0.15) is 11.2 Å². The van der Waals surface area contributed by atoms with Crippen LogP contribution in [0.25, 0.3) is 99.9 Å². The van der Waals surface area contributed by atoms with E-state index in [-0.39, 0.29) is 0 Å². The van der Waals surface area contributed by atoms with E-state index in [1.54, 1.807) is 0 Å². The van der Waals surface area contributed by atoms with Gasteiger partial charge in [-0.15, -0.1) is 0 Å². The maximum atomic E-state index is 6.87. The molecular formula is C47H29N3O. The number of nitrogens with zero attached hydrogens (tertiary/aromatic N) is 3. The second-order valence-electron chi connectivity index (χ2n) is 12.8. The summed E-state index contributed by atoms with van der Waals surface area (Å²) < 4.78 is 6.87. The lowest BCUT2D eigenvalue weighted by atomic mass is 9.93. The van der Waals surface area contributed by atoms with Gasteiger partial charge in [-0.05, 0) is 45.0 Å². The van der Waals surface area contributed by atoms with Crippen molar-refractivity contribution in [1.29, 1.82) is 0 Å². The number of para-hydroxylation sites is 1. The minimum Gasteiger partial charge on any atom is -0.455 e. The number of rotatable bonds is 5. The normalized spacial score (nSPS) is 11.5. The topological polar surface area (TPSA) is 51.8 Å². The molecule has 0 bridgehead atoms. The monoisotopic (exact) mass is 651 g/mol. The molecule has 0 amide bonds. The zero-order valence-corrected chi connectivity index (χ0v) is 27.5. The standard InChI is InChI=1S/C47H29N3O/c1-3-15-31(16-4-1)45-48-46(32-17-5-2-6-18-32)50-47(49-45)34-21-11-20-33(28-34)41-29-42-40-27-13-26-39(36-25-12-19-30-14-7-8-22-35(30)36)43(40)51-44(42)38-24-10-9-23-37(38)41/h1-29H. The number of hydrogen-bond acceptors (Lipinski definition) is 4. The molecule has 0 aliphatic rings. The van der Waals surface area contributed by atoms with Crippen LogP contribution in [0.2, 0.25) is 0 Å². The fraction of sp³-hybridized carbons (Fsp3) is 0. The first kappa shape index (κ1) is 29.0. The van der Waals surface area contributed by atoms with Crippen molar-refractivity contribution in [3.8, 4) is 56.4 Å². The lowest BCUT2D eigenvalue weighted by Crippen LogP contribution is -2.00. The van der Waals surface area contributed by atoms with Gasteiger partial charge in [-0.3, -0.25) is 0 Å². The summed E-state index contributed by atoms with van der Waals surface area (Å²) >= 11 is 0. The molecule has 0 saturated carbocycles. The molecule has 2 aromatic heterocycles. The predicted octanol–water partition coefficient (Wildman–Crippen LogP) is 12.4. The second kappa shape index (κ2) is 11.9. The van der Waals surface area contributed by atoms with Crippen LogP contribution in [0.1, 0.15) is 0 Å². The summed E-state index contributed by atoms with van der Waals surface area (Å²) in [6.45, 7) is 0. The van der Waals surface area contributed by atoms with E-state index in [9.17, 15) is 0 Å². The highest BCUT2D eigenvalue weighted by molar-refractivity contribution is 6.21. The van der Waals surface area contributed by atoms with Crippen LogP contribution in [0.4, 0.5) is 0 Å². The van der Waals surface area contributed by atoms with Gasteiger partial charge in [0.2, 0.25) is 0 Å². The third-order valence-corrected chi connectivity index (χ3v) is 9.72. The van der Waals surface area contributed by atoms with E-state index in [2.05, 4.69) is 115 Å². The first-order chi connectivity index (χ1) is 25.3. The van der Waals surface area contributed by atoms with Gasteiger partial charge in [0.15, 0.2) is 17.5 Å². The van der Waals surface area contributed by atoms with Crippen LogP contribution in [-0.4, -0.2) is 15.0 Å². The summed E-state index contributed by atoms with van der Waals surface area (Å²) in [5.41, 5.74) is 9.05. The average Bonchev–Trinajstić information content (AvgIpc) is 3.60. The Bertz CT molecular complexity index is 2850. The Labute approximate surface area is 294 Å². The van der Waals surface area contributed by atoms with Gasteiger partial charge >= 0.3 is 0 Å². The Hall–Kier alpha value is -6.91. The maximum absolute atomic E-state index is 6.87. The highest BCUT2D eigenvalue weighted by atomic mass is 16.3. The molecule has 10 aromatic rings. The van der Waals surface area contributed by atoms with Gasteiger partial charge in [-0.2, -0.15) is 0 Å². The van der Waals surface area contributed by atoms with Crippen LogP contribution in [0.3, 0.4) is 0 Å². The van der Waals surface area contributed by atoms with E-state index in [0.29, 0.717) is 17.5 Å². The number of hydrogen-bond donors (Lipinski definition) is 0.